The SMILES string of the molecule is Cc1cc(Nc2ncnc3ccc(N(C)C(=O)C#CCN(C)C)cc23)ccc1Oc1cc2nccn2cn1. The van der Waals surface area contributed by atoms with Crippen LogP contribution in [0.5, 0.6) is 11.6 Å². The van der Waals surface area contributed by atoms with Gasteiger partial charge in [0.2, 0.25) is 5.88 Å². The van der Waals surface area contributed by atoms with E-state index in [0.29, 0.717) is 29.7 Å². The van der Waals surface area contributed by atoms with Crippen LogP contribution in [0.4, 0.5) is 17.2 Å². The molecule has 0 unspecified atom stereocenters. The van der Waals surface area contributed by atoms with Crippen LogP contribution in [0.15, 0.2) is 67.5 Å². The first-order chi connectivity index (χ1) is 18.4. The van der Waals surface area contributed by atoms with Crippen molar-refractivity contribution in [1.82, 2.24) is 29.2 Å². The number of carbonyl (C=O) groups excluding carboxylic acids is 1. The smallest absolute Gasteiger partial charge is 0.302 e. The van der Waals surface area contributed by atoms with Gasteiger partial charge in [0, 0.05) is 42.3 Å². The summed E-state index contributed by atoms with van der Waals surface area (Å²) >= 11 is 0. The highest BCUT2D eigenvalue weighted by Crippen LogP contribution is 2.30. The summed E-state index contributed by atoms with van der Waals surface area (Å²) in [6, 6.07) is 13.1. The van der Waals surface area contributed by atoms with Crippen LogP contribution in [0, 0.1) is 18.8 Å². The summed E-state index contributed by atoms with van der Waals surface area (Å²) in [6.07, 6.45) is 6.71. The predicted molar refractivity (Wildman–Crippen MR) is 147 cm³/mol. The summed E-state index contributed by atoms with van der Waals surface area (Å²) in [5, 5.41) is 4.15. The second-order valence-electron chi connectivity index (χ2n) is 8.95. The Morgan fingerprint density at radius 3 is 2.74 bits per heavy atom. The number of anilines is 3. The number of aryl methyl sites for hydroxylation is 1. The predicted octanol–water partition coefficient (Wildman–Crippen LogP) is 4.04. The Morgan fingerprint density at radius 2 is 1.92 bits per heavy atom. The quantitative estimate of drug-likeness (QED) is 0.345. The topological polar surface area (TPSA) is 101 Å². The summed E-state index contributed by atoms with van der Waals surface area (Å²) in [7, 11) is 5.51. The van der Waals surface area contributed by atoms with Gasteiger partial charge in [0.25, 0.3) is 0 Å². The van der Waals surface area contributed by atoms with Crippen molar-refractivity contribution >= 4 is 39.6 Å². The van der Waals surface area contributed by atoms with Crippen LogP contribution < -0.4 is 15.0 Å². The lowest BCUT2D eigenvalue weighted by molar-refractivity contribution is -0.113. The largest absolute Gasteiger partial charge is 0.439 e. The van der Waals surface area contributed by atoms with Gasteiger partial charge in [0.05, 0.1) is 12.1 Å². The first-order valence-corrected chi connectivity index (χ1v) is 11.9. The average Bonchev–Trinajstić information content (AvgIpc) is 3.37. The highest BCUT2D eigenvalue weighted by Gasteiger charge is 2.13. The second-order valence-corrected chi connectivity index (χ2v) is 8.95. The number of rotatable bonds is 6. The Labute approximate surface area is 219 Å². The molecular weight excluding hydrogens is 480 g/mol. The number of aromatic nitrogens is 5. The molecule has 3 heterocycles. The maximum atomic E-state index is 12.6. The van der Waals surface area contributed by atoms with Crippen LogP contribution in [-0.2, 0) is 4.79 Å². The number of fused-ring (bicyclic) bond motifs is 2. The molecule has 38 heavy (non-hydrogen) atoms. The molecule has 0 atom stereocenters. The van der Waals surface area contributed by atoms with Crippen LogP contribution in [0.1, 0.15) is 5.56 Å². The number of nitrogens with zero attached hydrogens (tertiary/aromatic N) is 7. The van der Waals surface area contributed by atoms with Crippen molar-refractivity contribution in [3.63, 3.8) is 0 Å². The summed E-state index contributed by atoms with van der Waals surface area (Å²) < 4.78 is 7.81. The van der Waals surface area contributed by atoms with E-state index in [0.717, 1.165) is 27.8 Å². The molecule has 2 aromatic carbocycles. The molecule has 0 aliphatic carbocycles. The standard InChI is InChI=1S/C28H26N8O2/c1-19-14-20(7-10-24(19)38-26-16-25-29-11-13-36(25)18-32-26)33-28-22-15-21(8-9-23(22)30-17-31-28)35(4)27(37)6-5-12-34(2)3/h7-11,13-18H,12H2,1-4H3,(H,30,31,33). The van der Waals surface area contributed by atoms with E-state index in [9.17, 15) is 4.79 Å². The number of nitrogens with one attached hydrogen (secondary N) is 1. The normalized spacial score (nSPS) is 10.9. The monoisotopic (exact) mass is 506 g/mol. The zero-order valence-electron chi connectivity index (χ0n) is 21.5. The van der Waals surface area contributed by atoms with Crippen LogP contribution in [-0.4, -0.2) is 62.8 Å². The summed E-state index contributed by atoms with van der Waals surface area (Å²) in [5.41, 5.74) is 3.95. The third-order valence-corrected chi connectivity index (χ3v) is 5.81. The van der Waals surface area contributed by atoms with Crippen molar-refractivity contribution in [2.75, 3.05) is 37.9 Å². The number of carbonyl (C=O) groups is 1. The Bertz CT molecular complexity index is 1700. The van der Waals surface area contributed by atoms with Crippen molar-refractivity contribution in [3.8, 4) is 23.5 Å². The Morgan fingerprint density at radius 1 is 1.05 bits per heavy atom. The van der Waals surface area contributed by atoms with Crippen LogP contribution >= 0.6 is 0 Å². The van der Waals surface area contributed by atoms with Gasteiger partial charge < -0.3 is 15.0 Å². The number of imidazole rings is 1. The van der Waals surface area contributed by atoms with Crippen LogP contribution in [0.2, 0.25) is 0 Å². The van der Waals surface area contributed by atoms with E-state index < -0.39 is 0 Å². The molecule has 1 amide bonds. The van der Waals surface area contributed by atoms with E-state index in [1.807, 2.05) is 72.9 Å². The molecule has 0 saturated heterocycles. The van der Waals surface area contributed by atoms with Crippen molar-refractivity contribution in [2.45, 2.75) is 6.92 Å². The number of amides is 1. The van der Waals surface area contributed by atoms with Gasteiger partial charge in [-0.3, -0.25) is 14.1 Å². The molecule has 3 aromatic heterocycles. The zero-order chi connectivity index (χ0) is 26.6. The fraction of sp³-hybridized carbons (Fsp3) is 0.179. The van der Waals surface area contributed by atoms with E-state index in [1.165, 1.54) is 11.2 Å². The third-order valence-electron chi connectivity index (χ3n) is 5.81. The molecule has 0 bridgehead atoms. The lowest BCUT2D eigenvalue weighted by Gasteiger charge is -2.16. The fourth-order valence-electron chi connectivity index (χ4n) is 3.77. The van der Waals surface area contributed by atoms with Crippen LogP contribution in [0.25, 0.3) is 16.6 Å². The number of hydrogen-bond acceptors (Lipinski definition) is 8. The molecule has 5 aromatic rings. The molecule has 0 radical (unpaired) electrons. The number of ether oxygens (including phenoxy) is 1. The molecule has 0 saturated carbocycles. The minimum atomic E-state index is -0.287. The zero-order valence-corrected chi connectivity index (χ0v) is 21.5. The summed E-state index contributed by atoms with van der Waals surface area (Å²) in [5.74, 6) is 7.04. The molecular formula is C28H26N8O2. The van der Waals surface area contributed by atoms with E-state index in [1.54, 1.807) is 25.6 Å². The van der Waals surface area contributed by atoms with E-state index in [4.69, 9.17) is 4.74 Å². The molecule has 0 fully saturated rings. The first kappa shape index (κ1) is 24.7. The van der Waals surface area contributed by atoms with Gasteiger partial charge >= 0.3 is 5.91 Å². The van der Waals surface area contributed by atoms with Gasteiger partial charge in [-0.1, -0.05) is 5.92 Å². The molecule has 10 nitrogen and oxygen atoms in total. The second kappa shape index (κ2) is 10.5. The number of hydrogen-bond donors (Lipinski definition) is 1. The Hall–Kier alpha value is -5.01. The minimum absolute atomic E-state index is 0.287. The molecule has 0 aliphatic rings. The van der Waals surface area contributed by atoms with Crippen molar-refractivity contribution in [1.29, 1.82) is 0 Å². The maximum absolute atomic E-state index is 12.6. The van der Waals surface area contributed by atoms with Crippen molar-refractivity contribution < 1.29 is 9.53 Å². The van der Waals surface area contributed by atoms with Gasteiger partial charge in [-0.05, 0) is 68.9 Å². The third kappa shape index (κ3) is 5.38. The lowest BCUT2D eigenvalue weighted by Crippen LogP contribution is -2.24. The summed E-state index contributed by atoms with van der Waals surface area (Å²) in [4.78, 5) is 33.4. The molecule has 0 spiro atoms. The average molecular weight is 507 g/mol. The fourth-order valence-corrected chi connectivity index (χ4v) is 3.77. The van der Waals surface area contributed by atoms with Gasteiger partial charge in [0.15, 0.2) is 0 Å². The van der Waals surface area contributed by atoms with E-state index in [-0.39, 0.29) is 5.91 Å². The van der Waals surface area contributed by atoms with E-state index >= 15 is 0 Å². The molecule has 10 heteroatoms. The molecule has 1 N–H and O–H groups in total. The number of benzene rings is 2. The van der Waals surface area contributed by atoms with Gasteiger partial charge in [-0.15, -0.1) is 0 Å². The van der Waals surface area contributed by atoms with E-state index in [2.05, 4.69) is 37.1 Å². The van der Waals surface area contributed by atoms with Gasteiger partial charge in [0.1, 0.15) is 29.9 Å². The Balaban J connectivity index is 1.36. The molecule has 190 valence electrons. The lowest BCUT2D eigenvalue weighted by atomic mass is 10.1. The maximum Gasteiger partial charge on any atom is 0.302 e. The first-order valence-electron chi connectivity index (χ1n) is 11.9. The Kier molecular flexibility index (Phi) is 6.84. The van der Waals surface area contributed by atoms with Gasteiger partial charge in [-0.25, -0.2) is 19.9 Å². The van der Waals surface area contributed by atoms with Crippen molar-refractivity contribution in [2.24, 2.45) is 0 Å². The highest BCUT2D eigenvalue weighted by atomic mass is 16.5. The molecule has 0 aliphatic heterocycles. The van der Waals surface area contributed by atoms with Gasteiger partial charge in [-0.2, -0.15) is 0 Å². The highest BCUT2D eigenvalue weighted by molar-refractivity contribution is 6.06. The van der Waals surface area contributed by atoms with Crippen molar-refractivity contribution in [3.05, 3.63) is 73.1 Å². The summed E-state index contributed by atoms with van der Waals surface area (Å²) in [6.45, 7) is 2.47. The molecule has 5 rings (SSSR count). The van der Waals surface area contributed by atoms with Crippen LogP contribution in [0.3, 0.4) is 0 Å². The minimum Gasteiger partial charge on any atom is -0.439 e.